The van der Waals surface area contributed by atoms with Gasteiger partial charge in [-0.05, 0) is 45.3 Å². The Morgan fingerprint density at radius 2 is 1.97 bits per heavy atom. The second kappa shape index (κ2) is 9.96. The summed E-state index contributed by atoms with van der Waals surface area (Å²) >= 11 is 6.06. The van der Waals surface area contributed by atoms with E-state index in [0.717, 1.165) is 0 Å². The number of methoxy groups -OCH3 is 1. The molecule has 0 bridgehead atoms. The van der Waals surface area contributed by atoms with Crippen LogP contribution >= 0.6 is 11.6 Å². The largest absolute Gasteiger partial charge is 0.495 e. The molecule has 0 unspecified atom stereocenters. The smallest absolute Gasteiger partial charge is 0.337 e. The zero-order valence-electron chi connectivity index (χ0n) is 17.2. The summed E-state index contributed by atoms with van der Waals surface area (Å²) in [6, 6.07) is 5.32. The third-order valence-electron chi connectivity index (χ3n) is 4.29. The van der Waals surface area contributed by atoms with E-state index in [1.807, 2.05) is 30.8 Å². The molecule has 2 rings (SSSR count). The molecule has 30 heavy (non-hydrogen) atoms. The van der Waals surface area contributed by atoms with Crippen LogP contribution in [0.5, 0.6) is 5.75 Å². The van der Waals surface area contributed by atoms with Crippen LogP contribution in [0.4, 0.5) is 11.5 Å². The molecule has 1 aromatic heterocycles. The predicted octanol–water partition coefficient (Wildman–Crippen LogP) is 2.63. The predicted molar refractivity (Wildman–Crippen MR) is 116 cm³/mol. The minimum absolute atomic E-state index is 0.0717. The highest BCUT2D eigenvalue weighted by atomic mass is 35.5. The molecule has 0 amide bonds. The summed E-state index contributed by atoms with van der Waals surface area (Å²) in [6.07, 6.45) is 1.21. The molecule has 0 saturated carbocycles. The van der Waals surface area contributed by atoms with Crippen molar-refractivity contribution in [2.75, 3.05) is 50.5 Å². The summed E-state index contributed by atoms with van der Waals surface area (Å²) < 4.78 is 33.4. The average Bonchev–Trinajstić information content (AvgIpc) is 2.68. The van der Waals surface area contributed by atoms with Crippen LogP contribution in [-0.2, 0) is 10.0 Å². The standard InChI is InChI=1S/C19H25ClN4O5S/c1-5-24(9-8-23(2)3)18-16(10-13(12-21-18)19(25)26)22-30(27,28)14-6-7-17(29-4)15(20)11-14/h6-7,10-12,22H,5,8-9H2,1-4H3,(H,25,26). The van der Waals surface area contributed by atoms with E-state index in [-0.39, 0.29) is 21.2 Å². The number of carboxylic acids is 1. The molecule has 0 radical (unpaired) electrons. The van der Waals surface area contributed by atoms with Crippen molar-refractivity contribution in [1.82, 2.24) is 9.88 Å². The van der Waals surface area contributed by atoms with Crippen LogP contribution in [0.25, 0.3) is 0 Å². The number of hydrogen-bond donors (Lipinski definition) is 2. The maximum atomic E-state index is 13.0. The van der Waals surface area contributed by atoms with Gasteiger partial charge in [0, 0.05) is 25.8 Å². The molecule has 0 saturated heterocycles. The molecule has 164 valence electrons. The second-order valence-electron chi connectivity index (χ2n) is 6.69. The van der Waals surface area contributed by atoms with Gasteiger partial charge in [0.2, 0.25) is 0 Å². The van der Waals surface area contributed by atoms with E-state index in [4.69, 9.17) is 16.3 Å². The van der Waals surface area contributed by atoms with Crippen molar-refractivity contribution in [2.45, 2.75) is 11.8 Å². The number of likely N-dealkylation sites (N-methyl/N-ethyl adjacent to an activating group) is 2. The summed E-state index contributed by atoms with van der Waals surface area (Å²) in [4.78, 5) is 19.4. The Balaban J connectivity index is 2.48. The summed E-state index contributed by atoms with van der Waals surface area (Å²) in [7, 11) is 1.21. The number of sulfonamides is 1. The first-order chi connectivity index (χ1) is 14.1. The number of nitrogens with zero attached hydrogens (tertiary/aromatic N) is 3. The van der Waals surface area contributed by atoms with Crippen molar-refractivity contribution in [1.29, 1.82) is 0 Å². The maximum absolute atomic E-state index is 13.0. The van der Waals surface area contributed by atoms with Crippen LogP contribution in [0.2, 0.25) is 5.02 Å². The van der Waals surface area contributed by atoms with Gasteiger partial charge >= 0.3 is 5.97 Å². The Morgan fingerprint density at radius 1 is 1.27 bits per heavy atom. The quantitative estimate of drug-likeness (QED) is 0.561. The normalized spacial score (nSPS) is 11.4. The Morgan fingerprint density at radius 3 is 2.50 bits per heavy atom. The number of pyridine rings is 1. The zero-order valence-corrected chi connectivity index (χ0v) is 18.8. The van der Waals surface area contributed by atoms with Crippen molar-refractivity contribution in [3.8, 4) is 5.75 Å². The van der Waals surface area contributed by atoms with Gasteiger partial charge in [-0.25, -0.2) is 18.2 Å². The SMILES string of the molecule is CCN(CCN(C)C)c1ncc(C(=O)O)cc1NS(=O)(=O)c1ccc(OC)c(Cl)c1. The van der Waals surface area contributed by atoms with Gasteiger partial charge in [0.15, 0.2) is 5.82 Å². The van der Waals surface area contributed by atoms with Crippen LogP contribution in [-0.4, -0.2) is 70.2 Å². The van der Waals surface area contributed by atoms with Crippen molar-refractivity contribution in [2.24, 2.45) is 0 Å². The number of hydrogen-bond acceptors (Lipinski definition) is 7. The number of anilines is 2. The molecule has 0 aliphatic heterocycles. The molecule has 1 heterocycles. The van der Waals surface area contributed by atoms with Gasteiger partial charge in [-0.15, -0.1) is 0 Å². The number of carbonyl (C=O) groups is 1. The lowest BCUT2D eigenvalue weighted by Crippen LogP contribution is -2.33. The molecule has 0 aliphatic rings. The second-order valence-corrected chi connectivity index (χ2v) is 8.77. The Bertz CT molecular complexity index is 1010. The Labute approximate surface area is 181 Å². The van der Waals surface area contributed by atoms with Gasteiger partial charge in [0.05, 0.1) is 28.3 Å². The minimum atomic E-state index is -4.06. The molecule has 0 atom stereocenters. The monoisotopic (exact) mass is 456 g/mol. The Hall–Kier alpha value is -2.56. The highest BCUT2D eigenvalue weighted by Gasteiger charge is 2.22. The first-order valence-corrected chi connectivity index (χ1v) is 10.9. The molecule has 2 N–H and O–H groups in total. The lowest BCUT2D eigenvalue weighted by atomic mass is 10.2. The summed E-state index contributed by atoms with van der Waals surface area (Å²) in [6.45, 7) is 3.74. The number of halogens is 1. The molecule has 9 nitrogen and oxygen atoms in total. The molecule has 0 fully saturated rings. The van der Waals surface area contributed by atoms with Crippen LogP contribution < -0.4 is 14.4 Å². The first-order valence-electron chi connectivity index (χ1n) is 9.08. The third kappa shape index (κ3) is 5.74. The van der Waals surface area contributed by atoms with Gasteiger partial charge in [-0.1, -0.05) is 11.6 Å². The van der Waals surface area contributed by atoms with Gasteiger partial charge in [0.1, 0.15) is 5.75 Å². The van der Waals surface area contributed by atoms with Gasteiger partial charge in [-0.3, -0.25) is 4.72 Å². The van der Waals surface area contributed by atoms with Crippen molar-refractivity contribution < 1.29 is 23.1 Å². The number of aromatic nitrogens is 1. The molecule has 0 spiro atoms. The number of rotatable bonds is 10. The number of carboxylic acid groups (broad SMARTS) is 1. The van der Waals surface area contributed by atoms with Gasteiger partial charge in [0.25, 0.3) is 10.0 Å². The third-order valence-corrected chi connectivity index (χ3v) is 5.95. The van der Waals surface area contributed by atoms with Crippen LogP contribution in [0.15, 0.2) is 35.4 Å². The molecule has 0 aliphatic carbocycles. The van der Waals surface area contributed by atoms with Crippen LogP contribution in [0, 0.1) is 0 Å². The highest BCUT2D eigenvalue weighted by Crippen LogP contribution is 2.30. The fourth-order valence-corrected chi connectivity index (χ4v) is 4.05. The molecule has 1 aromatic carbocycles. The van der Waals surface area contributed by atoms with Gasteiger partial charge in [-0.2, -0.15) is 0 Å². The van der Waals surface area contributed by atoms with E-state index in [9.17, 15) is 18.3 Å². The fraction of sp³-hybridized carbons (Fsp3) is 0.368. The lowest BCUT2D eigenvalue weighted by molar-refractivity contribution is 0.0696. The van der Waals surface area contributed by atoms with E-state index < -0.39 is 16.0 Å². The van der Waals surface area contributed by atoms with E-state index in [0.29, 0.717) is 31.2 Å². The van der Waals surface area contributed by atoms with E-state index in [2.05, 4.69) is 9.71 Å². The molecule has 2 aromatic rings. The van der Waals surface area contributed by atoms with Crippen LogP contribution in [0.3, 0.4) is 0 Å². The minimum Gasteiger partial charge on any atom is -0.495 e. The van der Waals surface area contributed by atoms with Crippen molar-refractivity contribution in [3.63, 3.8) is 0 Å². The summed E-state index contributed by atoms with van der Waals surface area (Å²) in [5.41, 5.74) is -0.0599. The molecule has 11 heteroatoms. The van der Waals surface area contributed by atoms with Crippen molar-refractivity contribution >= 4 is 39.1 Å². The van der Waals surface area contributed by atoms with E-state index in [1.54, 1.807) is 0 Å². The van der Waals surface area contributed by atoms with Gasteiger partial charge < -0.3 is 19.6 Å². The average molecular weight is 457 g/mol. The summed E-state index contributed by atoms with van der Waals surface area (Å²) in [5.74, 6) is -0.530. The first kappa shape index (κ1) is 23.7. The lowest BCUT2D eigenvalue weighted by Gasteiger charge is -2.26. The summed E-state index contributed by atoms with van der Waals surface area (Å²) in [5, 5.41) is 9.45. The van der Waals surface area contributed by atoms with E-state index in [1.165, 1.54) is 37.6 Å². The number of aromatic carboxylic acids is 1. The number of ether oxygens (including phenoxy) is 1. The fourth-order valence-electron chi connectivity index (χ4n) is 2.65. The number of nitrogens with one attached hydrogen (secondary N) is 1. The Kier molecular flexibility index (Phi) is 7.88. The van der Waals surface area contributed by atoms with E-state index >= 15 is 0 Å². The topological polar surface area (TPSA) is 112 Å². The van der Waals surface area contributed by atoms with Crippen molar-refractivity contribution in [3.05, 3.63) is 41.0 Å². The van der Waals surface area contributed by atoms with Crippen LogP contribution in [0.1, 0.15) is 17.3 Å². The molecular formula is C19H25ClN4O5S. The number of benzene rings is 1. The zero-order chi connectivity index (χ0) is 22.5. The molecular weight excluding hydrogens is 432 g/mol. The highest BCUT2D eigenvalue weighted by molar-refractivity contribution is 7.92. The maximum Gasteiger partial charge on any atom is 0.337 e.